The van der Waals surface area contributed by atoms with Gasteiger partial charge in [0.1, 0.15) is 0 Å². The average molecular weight is 241 g/mol. The zero-order valence-corrected chi connectivity index (χ0v) is 11.9. The molecule has 2 fully saturated rings. The van der Waals surface area contributed by atoms with Gasteiger partial charge in [0.25, 0.3) is 0 Å². The maximum absolute atomic E-state index is 10.4. The van der Waals surface area contributed by atoms with Crippen molar-refractivity contribution in [2.75, 3.05) is 20.1 Å². The van der Waals surface area contributed by atoms with E-state index in [0.717, 1.165) is 12.5 Å². The summed E-state index contributed by atoms with van der Waals surface area (Å²) < 4.78 is 6.01. The summed E-state index contributed by atoms with van der Waals surface area (Å²) in [5.41, 5.74) is -0.657. The van der Waals surface area contributed by atoms with Gasteiger partial charge in [-0.25, -0.2) is 0 Å². The van der Waals surface area contributed by atoms with Crippen molar-refractivity contribution in [1.82, 2.24) is 4.90 Å². The molecule has 2 unspecified atom stereocenters. The molecule has 100 valence electrons. The molecule has 2 atom stereocenters. The van der Waals surface area contributed by atoms with Crippen LogP contribution in [0.1, 0.15) is 40.5 Å². The summed E-state index contributed by atoms with van der Waals surface area (Å²) in [6.45, 7) is 10.3. The number of ether oxygens (including phenoxy) is 1. The summed E-state index contributed by atoms with van der Waals surface area (Å²) >= 11 is 0. The van der Waals surface area contributed by atoms with Crippen molar-refractivity contribution in [3.8, 4) is 0 Å². The minimum absolute atomic E-state index is 0.196. The smallest absolute Gasteiger partial charge is 0.0896 e. The molecule has 0 spiro atoms. The van der Waals surface area contributed by atoms with Gasteiger partial charge in [-0.1, -0.05) is 0 Å². The number of hydrogen-bond acceptors (Lipinski definition) is 3. The lowest BCUT2D eigenvalue weighted by atomic mass is 9.84. The van der Waals surface area contributed by atoms with Crippen LogP contribution >= 0.6 is 0 Å². The summed E-state index contributed by atoms with van der Waals surface area (Å²) in [4.78, 5) is 2.36. The molecule has 17 heavy (non-hydrogen) atoms. The summed E-state index contributed by atoms with van der Waals surface area (Å²) in [6.07, 6.45) is 2.38. The fourth-order valence-electron chi connectivity index (χ4n) is 3.15. The molecule has 1 aliphatic heterocycles. The lowest BCUT2D eigenvalue weighted by molar-refractivity contribution is -0.0912. The molecule has 0 amide bonds. The van der Waals surface area contributed by atoms with Gasteiger partial charge in [-0.05, 0) is 53.5 Å². The van der Waals surface area contributed by atoms with E-state index in [0.29, 0.717) is 0 Å². The van der Waals surface area contributed by atoms with Crippen LogP contribution in [0.4, 0.5) is 0 Å². The Morgan fingerprint density at radius 3 is 2.12 bits per heavy atom. The Bertz CT molecular complexity index is 284. The molecule has 0 radical (unpaired) electrons. The van der Waals surface area contributed by atoms with Gasteiger partial charge in [-0.15, -0.1) is 0 Å². The van der Waals surface area contributed by atoms with Crippen molar-refractivity contribution in [2.45, 2.75) is 57.8 Å². The number of rotatable bonds is 4. The van der Waals surface area contributed by atoms with E-state index >= 15 is 0 Å². The Labute approximate surface area is 105 Å². The zero-order valence-electron chi connectivity index (χ0n) is 11.9. The molecular weight excluding hydrogens is 214 g/mol. The maximum Gasteiger partial charge on any atom is 0.0896 e. The van der Waals surface area contributed by atoms with E-state index in [1.54, 1.807) is 0 Å². The standard InChI is InChI=1S/C14H27NO2/c1-13(2)11(12(16)14(3,4)17-13)9-15(5)8-10-6-7-10/h10-12,16H,6-9H2,1-5H3. The Morgan fingerprint density at radius 2 is 1.71 bits per heavy atom. The summed E-state index contributed by atoms with van der Waals surface area (Å²) in [7, 11) is 2.16. The molecule has 0 aromatic carbocycles. The predicted molar refractivity (Wildman–Crippen MR) is 69.0 cm³/mol. The molecule has 2 rings (SSSR count). The van der Waals surface area contributed by atoms with Gasteiger partial charge in [0.05, 0.1) is 17.3 Å². The van der Waals surface area contributed by atoms with Crippen LogP contribution in [0.5, 0.6) is 0 Å². The molecule has 0 aromatic rings. The molecule has 0 aromatic heterocycles. The van der Waals surface area contributed by atoms with Crippen molar-refractivity contribution in [3.05, 3.63) is 0 Å². The van der Waals surface area contributed by atoms with Gasteiger partial charge in [0.15, 0.2) is 0 Å². The fourth-order valence-corrected chi connectivity index (χ4v) is 3.15. The van der Waals surface area contributed by atoms with Gasteiger partial charge in [0, 0.05) is 19.0 Å². The van der Waals surface area contributed by atoms with Crippen LogP contribution in [0, 0.1) is 11.8 Å². The molecule has 3 heteroatoms. The number of nitrogens with zero attached hydrogens (tertiary/aromatic N) is 1. The lowest BCUT2D eigenvalue weighted by Crippen LogP contribution is -2.42. The van der Waals surface area contributed by atoms with Crippen molar-refractivity contribution < 1.29 is 9.84 Å². The molecule has 2 aliphatic rings. The van der Waals surface area contributed by atoms with E-state index in [4.69, 9.17) is 4.74 Å². The molecule has 1 saturated heterocycles. The van der Waals surface area contributed by atoms with Gasteiger partial charge >= 0.3 is 0 Å². The van der Waals surface area contributed by atoms with Crippen molar-refractivity contribution in [2.24, 2.45) is 11.8 Å². The average Bonchev–Trinajstić information content (AvgIpc) is 2.91. The van der Waals surface area contributed by atoms with Crippen LogP contribution in [0.2, 0.25) is 0 Å². The third-order valence-corrected chi connectivity index (χ3v) is 4.29. The first kappa shape index (κ1) is 13.3. The molecular formula is C14H27NO2. The van der Waals surface area contributed by atoms with Crippen LogP contribution in [0.15, 0.2) is 0 Å². The zero-order chi connectivity index (χ0) is 12.8. The second kappa shape index (κ2) is 4.22. The summed E-state index contributed by atoms with van der Waals surface area (Å²) in [5, 5.41) is 10.4. The van der Waals surface area contributed by atoms with E-state index < -0.39 is 5.60 Å². The SMILES string of the molecule is CN(CC1CC1)CC1C(O)C(C)(C)OC1(C)C. The van der Waals surface area contributed by atoms with E-state index in [9.17, 15) is 5.11 Å². The maximum atomic E-state index is 10.4. The highest BCUT2D eigenvalue weighted by molar-refractivity contribution is 5.02. The monoisotopic (exact) mass is 241 g/mol. The quantitative estimate of drug-likeness (QED) is 0.816. The molecule has 1 heterocycles. The lowest BCUT2D eigenvalue weighted by Gasteiger charge is -2.30. The first-order chi connectivity index (χ1) is 7.72. The summed E-state index contributed by atoms with van der Waals surface area (Å²) in [5.74, 6) is 1.09. The Balaban J connectivity index is 1.97. The van der Waals surface area contributed by atoms with Gasteiger partial charge in [0.2, 0.25) is 0 Å². The van der Waals surface area contributed by atoms with Crippen molar-refractivity contribution in [3.63, 3.8) is 0 Å². The van der Waals surface area contributed by atoms with Gasteiger partial charge in [-0.3, -0.25) is 0 Å². The van der Waals surface area contributed by atoms with Crippen LogP contribution in [0.25, 0.3) is 0 Å². The van der Waals surface area contributed by atoms with E-state index in [1.807, 2.05) is 13.8 Å². The Morgan fingerprint density at radius 1 is 1.12 bits per heavy atom. The number of aliphatic hydroxyl groups is 1. The highest BCUT2D eigenvalue weighted by Gasteiger charge is 2.53. The third-order valence-electron chi connectivity index (χ3n) is 4.29. The van der Waals surface area contributed by atoms with E-state index in [2.05, 4.69) is 25.8 Å². The molecule has 0 bridgehead atoms. The van der Waals surface area contributed by atoms with Gasteiger partial charge < -0.3 is 14.7 Å². The third kappa shape index (κ3) is 2.83. The number of aliphatic hydroxyl groups excluding tert-OH is 1. The molecule has 1 saturated carbocycles. The minimum atomic E-state index is -0.422. The normalized spacial score (nSPS) is 35.5. The number of hydrogen-bond donors (Lipinski definition) is 1. The summed E-state index contributed by atoms with van der Waals surface area (Å²) in [6, 6.07) is 0. The Kier molecular flexibility index (Phi) is 3.30. The molecule has 1 aliphatic carbocycles. The Hall–Kier alpha value is -0.120. The predicted octanol–water partition coefficient (Wildman–Crippen LogP) is 1.89. The van der Waals surface area contributed by atoms with E-state index in [1.165, 1.54) is 19.4 Å². The first-order valence-electron chi connectivity index (χ1n) is 6.79. The minimum Gasteiger partial charge on any atom is -0.390 e. The van der Waals surface area contributed by atoms with Crippen molar-refractivity contribution in [1.29, 1.82) is 0 Å². The molecule has 3 nitrogen and oxygen atoms in total. The van der Waals surface area contributed by atoms with Crippen LogP contribution in [-0.4, -0.2) is 47.4 Å². The molecule has 1 N–H and O–H groups in total. The topological polar surface area (TPSA) is 32.7 Å². The highest BCUT2D eigenvalue weighted by Crippen LogP contribution is 2.42. The van der Waals surface area contributed by atoms with E-state index in [-0.39, 0.29) is 17.6 Å². The first-order valence-corrected chi connectivity index (χ1v) is 6.79. The van der Waals surface area contributed by atoms with Crippen LogP contribution in [-0.2, 0) is 4.74 Å². The highest BCUT2D eigenvalue weighted by atomic mass is 16.5. The largest absolute Gasteiger partial charge is 0.390 e. The second-order valence-corrected chi connectivity index (χ2v) is 7.02. The van der Waals surface area contributed by atoms with Crippen molar-refractivity contribution >= 4 is 0 Å². The fraction of sp³-hybridized carbons (Fsp3) is 1.00. The van der Waals surface area contributed by atoms with Gasteiger partial charge in [-0.2, -0.15) is 0 Å². The van der Waals surface area contributed by atoms with Crippen LogP contribution < -0.4 is 0 Å². The second-order valence-electron chi connectivity index (χ2n) is 7.02. The van der Waals surface area contributed by atoms with Crippen LogP contribution in [0.3, 0.4) is 0 Å².